The van der Waals surface area contributed by atoms with Crippen molar-refractivity contribution in [2.75, 3.05) is 12.4 Å². The van der Waals surface area contributed by atoms with Crippen molar-refractivity contribution in [3.63, 3.8) is 0 Å². The quantitative estimate of drug-likeness (QED) is 0.392. The Morgan fingerprint density at radius 3 is 2.22 bits per heavy atom. The maximum Gasteiger partial charge on any atom is 0.523 e. The van der Waals surface area contributed by atoms with E-state index in [0.29, 0.717) is 12.2 Å². The molecule has 0 aliphatic heterocycles. The van der Waals surface area contributed by atoms with E-state index < -0.39 is 22.2 Å². The fourth-order valence-corrected chi connectivity index (χ4v) is 2.12. The second-order valence-corrected chi connectivity index (χ2v) is 6.35. The van der Waals surface area contributed by atoms with Crippen LogP contribution in [0.1, 0.15) is 32.6 Å². The molecule has 0 radical (unpaired) electrons. The van der Waals surface area contributed by atoms with E-state index in [0.717, 1.165) is 12.8 Å². The third-order valence-corrected chi connectivity index (χ3v) is 3.81. The maximum atomic E-state index is 11.8. The molecule has 108 valence electrons. The van der Waals surface area contributed by atoms with Crippen LogP contribution in [0, 0.1) is 0 Å². The molecule has 0 aromatic rings. The summed E-state index contributed by atoms with van der Waals surface area (Å²) in [6, 6.07) is 0. The van der Waals surface area contributed by atoms with Crippen molar-refractivity contribution >= 4 is 27.0 Å². The number of alkyl halides is 3. The molecular weight excluding hydrogens is 293 g/mol. The van der Waals surface area contributed by atoms with Gasteiger partial charge in [-0.05, 0) is 12.8 Å². The Bertz CT molecular complexity index is 351. The number of halogens is 3. The number of hydrogen-bond donors (Lipinski definition) is 0. The second-order valence-electron chi connectivity index (χ2n) is 3.48. The molecule has 0 fully saturated rings. The van der Waals surface area contributed by atoms with Crippen LogP contribution in [-0.2, 0) is 19.1 Å². The average Bonchev–Trinajstić information content (AvgIpc) is 2.19. The van der Waals surface area contributed by atoms with Gasteiger partial charge in [0.1, 0.15) is 0 Å². The molecule has 0 aromatic carbocycles. The van der Waals surface area contributed by atoms with Crippen molar-refractivity contribution in [2.24, 2.45) is 0 Å². The third kappa shape index (κ3) is 7.93. The first kappa shape index (κ1) is 17.7. The van der Waals surface area contributed by atoms with Crippen molar-refractivity contribution in [1.29, 1.82) is 0 Å². The van der Waals surface area contributed by atoms with Crippen LogP contribution in [0.25, 0.3) is 0 Å². The van der Waals surface area contributed by atoms with Gasteiger partial charge in [0.25, 0.3) is 0 Å². The summed E-state index contributed by atoms with van der Waals surface area (Å²) in [7, 11) is -5.46. The summed E-state index contributed by atoms with van der Waals surface area (Å²) in [4.78, 5) is 10.6. The first-order chi connectivity index (χ1) is 8.17. The van der Waals surface area contributed by atoms with Gasteiger partial charge in [0.2, 0.25) is 0 Å². The molecule has 0 unspecified atom stereocenters. The van der Waals surface area contributed by atoms with Crippen molar-refractivity contribution in [3.8, 4) is 0 Å². The standard InChI is InChI=1S/C9H15F3O4S2/c1-8(13)17-7-5-3-2-4-6-16-18(14,15)9(10,11)12/h2-7H2,1H3. The molecule has 9 heteroatoms. The zero-order valence-corrected chi connectivity index (χ0v) is 11.5. The van der Waals surface area contributed by atoms with Gasteiger partial charge in [-0.25, -0.2) is 0 Å². The van der Waals surface area contributed by atoms with Gasteiger partial charge in [-0.2, -0.15) is 21.6 Å². The van der Waals surface area contributed by atoms with Crippen LogP contribution in [0.4, 0.5) is 13.2 Å². The van der Waals surface area contributed by atoms with E-state index in [1.807, 2.05) is 0 Å². The Labute approximate surface area is 108 Å². The highest BCUT2D eigenvalue weighted by Crippen LogP contribution is 2.24. The largest absolute Gasteiger partial charge is 0.523 e. The van der Waals surface area contributed by atoms with E-state index in [-0.39, 0.29) is 11.5 Å². The topological polar surface area (TPSA) is 60.4 Å². The van der Waals surface area contributed by atoms with Crippen molar-refractivity contribution in [1.82, 2.24) is 0 Å². The smallest absolute Gasteiger partial charge is 0.288 e. The number of carbonyl (C=O) groups is 1. The van der Waals surface area contributed by atoms with Gasteiger partial charge in [0.05, 0.1) is 6.61 Å². The maximum absolute atomic E-state index is 11.8. The van der Waals surface area contributed by atoms with E-state index in [9.17, 15) is 26.4 Å². The number of unbranched alkanes of at least 4 members (excludes halogenated alkanes) is 3. The Morgan fingerprint density at radius 2 is 1.72 bits per heavy atom. The average molecular weight is 308 g/mol. The summed E-state index contributed by atoms with van der Waals surface area (Å²) in [6.45, 7) is 0.988. The molecule has 0 amide bonds. The van der Waals surface area contributed by atoms with E-state index in [1.54, 1.807) is 0 Å². The molecule has 0 aliphatic carbocycles. The van der Waals surface area contributed by atoms with Crippen molar-refractivity contribution in [2.45, 2.75) is 38.1 Å². The van der Waals surface area contributed by atoms with Crippen LogP contribution < -0.4 is 0 Å². The van der Waals surface area contributed by atoms with Crippen molar-refractivity contribution < 1.29 is 30.6 Å². The van der Waals surface area contributed by atoms with Crippen LogP contribution in [0.5, 0.6) is 0 Å². The van der Waals surface area contributed by atoms with Crippen LogP contribution in [0.15, 0.2) is 0 Å². The van der Waals surface area contributed by atoms with E-state index in [1.165, 1.54) is 18.7 Å². The lowest BCUT2D eigenvalue weighted by molar-refractivity contribution is -0.109. The van der Waals surface area contributed by atoms with E-state index >= 15 is 0 Å². The van der Waals surface area contributed by atoms with Gasteiger partial charge in [-0.1, -0.05) is 24.6 Å². The number of thioether (sulfide) groups is 1. The molecule has 0 N–H and O–H groups in total. The Hall–Kier alpha value is -0.280. The highest BCUT2D eigenvalue weighted by molar-refractivity contribution is 8.13. The molecule has 0 saturated heterocycles. The van der Waals surface area contributed by atoms with Crippen molar-refractivity contribution in [3.05, 3.63) is 0 Å². The number of rotatable bonds is 8. The minimum Gasteiger partial charge on any atom is -0.288 e. The predicted molar refractivity (Wildman–Crippen MR) is 62.5 cm³/mol. The molecule has 4 nitrogen and oxygen atoms in total. The minimum absolute atomic E-state index is 0.0228. The molecular formula is C9H15F3O4S2. The lowest BCUT2D eigenvalue weighted by atomic mass is 10.2. The molecule has 18 heavy (non-hydrogen) atoms. The molecule has 0 aliphatic rings. The molecule has 0 aromatic heterocycles. The van der Waals surface area contributed by atoms with Crippen LogP contribution in [0.2, 0.25) is 0 Å². The van der Waals surface area contributed by atoms with Gasteiger partial charge in [0.15, 0.2) is 5.12 Å². The first-order valence-electron chi connectivity index (χ1n) is 5.26. The summed E-state index contributed by atoms with van der Waals surface area (Å²) in [6.07, 6.45) is 2.28. The zero-order chi connectivity index (χ0) is 14.2. The third-order valence-electron chi connectivity index (χ3n) is 1.87. The fraction of sp³-hybridized carbons (Fsp3) is 0.889. The van der Waals surface area contributed by atoms with E-state index in [2.05, 4.69) is 4.18 Å². The number of hydrogen-bond acceptors (Lipinski definition) is 5. The Morgan fingerprint density at radius 1 is 1.17 bits per heavy atom. The fourth-order valence-electron chi connectivity index (χ4n) is 1.01. The Kier molecular flexibility index (Phi) is 7.88. The summed E-state index contributed by atoms with van der Waals surface area (Å²) in [5.41, 5.74) is -5.36. The lowest BCUT2D eigenvalue weighted by Crippen LogP contribution is -2.25. The monoisotopic (exact) mass is 308 g/mol. The Balaban J connectivity index is 3.55. The normalized spacial score (nSPS) is 12.7. The first-order valence-corrected chi connectivity index (χ1v) is 7.65. The van der Waals surface area contributed by atoms with Gasteiger partial charge in [-0.15, -0.1) is 0 Å². The van der Waals surface area contributed by atoms with Crippen LogP contribution in [-0.4, -0.2) is 31.4 Å². The molecule has 0 rings (SSSR count). The summed E-state index contributed by atoms with van der Waals surface area (Å²) in [5.74, 6) is 0.664. The minimum atomic E-state index is -5.46. The molecule has 0 bridgehead atoms. The molecule has 0 heterocycles. The molecule has 0 saturated carbocycles. The van der Waals surface area contributed by atoms with Gasteiger partial charge in [-0.3, -0.25) is 8.98 Å². The highest BCUT2D eigenvalue weighted by atomic mass is 32.2. The van der Waals surface area contributed by atoms with E-state index in [4.69, 9.17) is 0 Å². The van der Waals surface area contributed by atoms with Crippen LogP contribution >= 0.6 is 11.8 Å². The summed E-state index contributed by atoms with van der Waals surface area (Å²) >= 11 is 1.19. The highest BCUT2D eigenvalue weighted by Gasteiger charge is 2.47. The number of carbonyl (C=O) groups excluding carboxylic acids is 1. The second kappa shape index (κ2) is 8.00. The van der Waals surface area contributed by atoms with Crippen LogP contribution in [0.3, 0.4) is 0 Å². The molecule has 0 atom stereocenters. The lowest BCUT2D eigenvalue weighted by Gasteiger charge is -2.07. The SMILES string of the molecule is CC(=O)SCCCCCCOS(=O)(=O)C(F)(F)F. The summed E-state index contributed by atoms with van der Waals surface area (Å²) in [5, 5.41) is 0.0228. The zero-order valence-electron chi connectivity index (χ0n) is 9.83. The predicted octanol–water partition coefficient (Wildman–Crippen LogP) is 2.69. The van der Waals surface area contributed by atoms with Gasteiger partial charge in [0, 0.05) is 12.7 Å². The van der Waals surface area contributed by atoms with Gasteiger partial charge < -0.3 is 0 Å². The van der Waals surface area contributed by atoms with Gasteiger partial charge >= 0.3 is 15.6 Å². The summed E-state index contributed by atoms with van der Waals surface area (Å²) < 4.78 is 60.3. The molecule has 0 spiro atoms.